The van der Waals surface area contributed by atoms with Gasteiger partial charge in [0.05, 0.1) is 12.2 Å². The van der Waals surface area contributed by atoms with E-state index in [9.17, 15) is 4.79 Å². The fourth-order valence-corrected chi connectivity index (χ4v) is 3.05. The van der Waals surface area contributed by atoms with E-state index in [1.54, 1.807) is 6.08 Å². The van der Waals surface area contributed by atoms with Crippen LogP contribution in [0.4, 0.5) is 0 Å². The van der Waals surface area contributed by atoms with E-state index in [0.29, 0.717) is 17.3 Å². The van der Waals surface area contributed by atoms with E-state index in [4.69, 9.17) is 18.3 Å². The van der Waals surface area contributed by atoms with Crippen LogP contribution in [0.2, 0.25) is 18.1 Å². The maximum atomic E-state index is 12.6. The van der Waals surface area contributed by atoms with Gasteiger partial charge in [0.15, 0.2) is 11.5 Å². The van der Waals surface area contributed by atoms with Gasteiger partial charge in [0, 0.05) is 0 Å². The summed E-state index contributed by atoms with van der Waals surface area (Å²) in [6, 6.07) is 0. The summed E-state index contributed by atoms with van der Waals surface area (Å²) in [7, 11) is -2.22. The molecule has 1 rings (SSSR count). The number of ether oxygens (including phenoxy) is 2. The zero-order valence-corrected chi connectivity index (χ0v) is 19.8. The molecule has 0 unspecified atom stereocenters. The maximum absolute atomic E-state index is 12.6. The van der Waals surface area contributed by atoms with Gasteiger partial charge in [-0.3, -0.25) is 0 Å². The molecule has 0 aromatic carbocycles. The molecule has 1 heterocycles. The van der Waals surface area contributed by atoms with Crippen molar-refractivity contribution in [2.45, 2.75) is 92.7 Å². The number of hydrogen-bond acceptors (Lipinski definition) is 5. The molecule has 0 aliphatic rings. The SMILES string of the molecule is CC(C)=Cc1oc(=O)c(OC(C)C)c(OC(C)C)c1O[Si](C)(C)C(C)(C)C. The fourth-order valence-electron chi connectivity index (χ4n) is 2.04. The standard InChI is InChI=1S/C21H36O5Si/c1-13(2)12-16-17(26-27(10,11)21(7,8)9)18(23-14(3)4)19(20(22)25-16)24-15(5)6/h12,14-15H,1-11H3. The molecule has 0 amide bonds. The maximum Gasteiger partial charge on any atom is 0.383 e. The monoisotopic (exact) mass is 396 g/mol. The Labute approximate surface area is 164 Å². The molecule has 0 saturated carbocycles. The molecule has 27 heavy (non-hydrogen) atoms. The molecule has 0 spiro atoms. The van der Waals surface area contributed by atoms with Crippen molar-refractivity contribution in [1.29, 1.82) is 0 Å². The molecule has 0 N–H and O–H groups in total. The van der Waals surface area contributed by atoms with Crippen molar-refractivity contribution in [2.24, 2.45) is 0 Å². The van der Waals surface area contributed by atoms with Crippen LogP contribution < -0.4 is 19.5 Å². The number of rotatable bonds is 7. The van der Waals surface area contributed by atoms with Crippen molar-refractivity contribution in [3.63, 3.8) is 0 Å². The molecule has 0 saturated heterocycles. The van der Waals surface area contributed by atoms with Crippen molar-refractivity contribution in [3.05, 3.63) is 21.8 Å². The molecule has 5 nitrogen and oxygen atoms in total. The molecule has 6 heteroatoms. The Morgan fingerprint density at radius 2 is 1.44 bits per heavy atom. The van der Waals surface area contributed by atoms with Crippen LogP contribution in [0, 0.1) is 0 Å². The molecule has 0 fully saturated rings. The Morgan fingerprint density at radius 3 is 1.85 bits per heavy atom. The second kappa shape index (κ2) is 8.55. The Bertz CT molecular complexity index is 732. The molecule has 0 atom stereocenters. The van der Waals surface area contributed by atoms with Gasteiger partial charge in [0.25, 0.3) is 14.1 Å². The summed E-state index contributed by atoms with van der Waals surface area (Å²) < 4.78 is 23.9. The van der Waals surface area contributed by atoms with E-state index in [1.165, 1.54) is 0 Å². The lowest BCUT2D eigenvalue weighted by atomic mass is 10.2. The zero-order valence-electron chi connectivity index (χ0n) is 18.8. The summed E-state index contributed by atoms with van der Waals surface area (Å²) in [6.07, 6.45) is 1.45. The molecule has 0 radical (unpaired) electrons. The summed E-state index contributed by atoms with van der Waals surface area (Å²) in [6.45, 7) is 22.2. The van der Waals surface area contributed by atoms with Crippen LogP contribution in [-0.4, -0.2) is 20.5 Å². The third-order valence-electron chi connectivity index (χ3n) is 4.31. The third kappa shape index (κ3) is 6.16. The van der Waals surface area contributed by atoms with Crippen LogP contribution in [0.25, 0.3) is 6.08 Å². The highest BCUT2D eigenvalue weighted by Crippen LogP contribution is 2.45. The summed E-state index contributed by atoms with van der Waals surface area (Å²) >= 11 is 0. The first-order chi connectivity index (χ1) is 12.2. The van der Waals surface area contributed by atoms with Crippen LogP contribution in [0.3, 0.4) is 0 Å². The predicted molar refractivity (Wildman–Crippen MR) is 114 cm³/mol. The van der Waals surface area contributed by atoms with Crippen LogP contribution >= 0.6 is 0 Å². The van der Waals surface area contributed by atoms with Crippen LogP contribution in [0.15, 0.2) is 14.8 Å². The first-order valence-electron chi connectivity index (χ1n) is 9.54. The molecule has 1 aromatic heterocycles. The van der Waals surface area contributed by atoms with E-state index in [1.807, 2.05) is 41.5 Å². The normalized spacial score (nSPS) is 12.3. The Kier molecular flexibility index (Phi) is 7.39. The molecule has 0 bridgehead atoms. The number of allylic oxidation sites excluding steroid dienone is 1. The van der Waals surface area contributed by atoms with Gasteiger partial charge < -0.3 is 18.3 Å². The Balaban J connectivity index is 3.80. The minimum absolute atomic E-state index is 0.0282. The van der Waals surface area contributed by atoms with Crippen molar-refractivity contribution in [2.75, 3.05) is 0 Å². The predicted octanol–water partition coefficient (Wildman–Crippen LogP) is 6.02. The fraction of sp³-hybridized carbons (Fsp3) is 0.667. The van der Waals surface area contributed by atoms with Gasteiger partial charge >= 0.3 is 5.63 Å². The molecule has 0 aliphatic heterocycles. The second-order valence-corrected chi connectivity index (χ2v) is 13.9. The summed E-state index contributed by atoms with van der Waals surface area (Å²) in [5.41, 5.74) is 0.431. The average molecular weight is 397 g/mol. The highest BCUT2D eigenvalue weighted by Gasteiger charge is 2.41. The van der Waals surface area contributed by atoms with Gasteiger partial charge in [-0.15, -0.1) is 0 Å². The van der Waals surface area contributed by atoms with Gasteiger partial charge in [-0.05, 0) is 65.8 Å². The third-order valence-corrected chi connectivity index (χ3v) is 8.64. The summed E-state index contributed by atoms with van der Waals surface area (Å²) in [5.74, 6) is 1.22. The molecular weight excluding hydrogens is 360 g/mol. The summed E-state index contributed by atoms with van der Waals surface area (Å²) in [5, 5.41) is -0.0282. The van der Waals surface area contributed by atoms with E-state index in [2.05, 4.69) is 33.9 Å². The lowest BCUT2D eigenvalue weighted by Crippen LogP contribution is -2.44. The van der Waals surface area contributed by atoms with E-state index in [-0.39, 0.29) is 23.0 Å². The van der Waals surface area contributed by atoms with Gasteiger partial charge in [0.1, 0.15) is 0 Å². The highest BCUT2D eigenvalue weighted by molar-refractivity contribution is 6.74. The quantitative estimate of drug-likeness (QED) is 0.527. The largest absolute Gasteiger partial charge is 0.538 e. The molecule has 1 aromatic rings. The first kappa shape index (κ1) is 23.3. The van der Waals surface area contributed by atoms with Crippen molar-refractivity contribution >= 4 is 14.4 Å². The van der Waals surface area contributed by atoms with Gasteiger partial charge in [-0.1, -0.05) is 26.3 Å². The van der Waals surface area contributed by atoms with Crippen LogP contribution in [0.5, 0.6) is 17.2 Å². The molecule has 154 valence electrons. The van der Waals surface area contributed by atoms with Crippen molar-refractivity contribution in [1.82, 2.24) is 0 Å². The lowest BCUT2D eigenvalue weighted by molar-refractivity contribution is 0.183. The average Bonchev–Trinajstić information content (AvgIpc) is 2.44. The van der Waals surface area contributed by atoms with Crippen molar-refractivity contribution in [3.8, 4) is 17.2 Å². The minimum Gasteiger partial charge on any atom is -0.538 e. The van der Waals surface area contributed by atoms with Crippen LogP contribution in [0.1, 0.15) is 68.1 Å². The minimum atomic E-state index is -2.22. The summed E-state index contributed by atoms with van der Waals surface area (Å²) in [4.78, 5) is 12.6. The van der Waals surface area contributed by atoms with E-state index < -0.39 is 13.9 Å². The van der Waals surface area contributed by atoms with Crippen molar-refractivity contribution < 1.29 is 18.3 Å². The topological polar surface area (TPSA) is 57.9 Å². The second-order valence-electron chi connectivity index (χ2n) is 9.16. The number of hydrogen-bond donors (Lipinski definition) is 0. The Hall–Kier alpha value is -1.69. The lowest BCUT2D eigenvalue weighted by Gasteiger charge is -2.37. The van der Waals surface area contributed by atoms with Crippen LogP contribution in [-0.2, 0) is 0 Å². The first-order valence-corrected chi connectivity index (χ1v) is 12.4. The zero-order chi connectivity index (χ0) is 21.2. The van der Waals surface area contributed by atoms with E-state index >= 15 is 0 Å². The molecule has 0 aliphatic carbocycles. The molecular formula is C21H36O5Si. The Morgan fingerprint density at radius 1 is 0.963 bits per heavy atom. The van der Waals surface area contributed by atoms with Gasteiger partial charge in [0.2, 0.25) is 5.75 Å². The van der Waals surface area contributed by atoms with Gasteiger partial charge in [-0.25, -0.2) is 4.79 Å². The smallest absolute Gasteiger partial charge is 0.383 e. The highest BCUT2D eigenvalue weighted by atomic mass is 28.4. The van der Waals surface area contributed by atoms with Gasteiger partial charge in [-0.2, -0.15) is 0 Å². The van der Waals surface area contributed by atoms with E-state index in [0.717, 1.165) is 5.57 Å².